The Morgan fingerprint density at radius 3 is 2.39 bits per heavy atom. The molecule has 0 atom stereocenters. The molecule has 0 fully saturated rings. The molecule has 2 aromatic heterocycles. The third-order valence-corrected chi connectivity index (χ3v) is 5.62. The highest BCUT2D eigenvalue weighted by Gasteiger charge is 2.17. The largest absolute Gasteiger partial charge is 0.272 e. The quantitative estimate of drug-likeness (QED) is 0.860. The molecule has 0 amide bonds. The number of aromatic nitrogens is 1. The Balaban J connectivity index is 2.30. The summed E-state index contributed by atoms with van der Waals surface area (Å²) in [5.41, 5.74) is 0. The lowest BCUT2D eigenvalue weighted by Gasteiger charge is -2.05. The van der Waals surface area contributed by atoms with Gasteiger partial charge in [-0.2, -0.15) is 0 Å². The minimum atomic E-state index is -3.70. The van der Waals surface area contributed by atoms with Crippen molar-refractivity contribution < 1.29 is 8.42 Å². The van der Waals surface area contributed by atoms with Gasteiger partial charge in [-0.25, -0.2) is 13.4 Å². The highest BCUT2D eigenvalue weighted by atomic mass is 35.5. The Kier molecular flexibility index (Phi) is 4.03. The number of nitrogens with zero attached hydrogens (tertiary/aromatic N) is 1. The fourth-order valence-electron chi connectivity index (χ4n) is 1.10. The van der Waals surface area contributed by atoms with E-state index in [1.807, 2.05) is 0 Å². The van der Waals surface area contributed by atoms with E-state index in [2.05, 4.69) is 9.71 Å². The van der Waals surface area contributed by atoms with Crippen molar-refractivity contribution in [3.05, 3.63) is 38.8 Å². The maximum Gasteiger partial charge on any atom is 0.272 e. The monoisotopic (exact) mass is 342 g/mol. The first kappa shape index (κ1) is 13.9. The molecule has 18 heavy (non-hydrogen) atoms. The molecule has 0 bridgehead atoms. The molecular formula is C9H5Cl3N2O2S2. The van der Waals surface area contributed by atoms with Crippen LogP contribution < -0.4 is 4.72 Å². The van der Waals surface area contributed by atoms with Crippen LogP contribution in [0.5, 0.6) is 0 Å². The first-order chi connectivity index (χ1) is 8.38. The van der Waals surface area contributed by atoms with Gasteiger partial charge in [0.1, 0.15) is 15.2 Å². The highest BCUT2D eigenvalue weighted by molar-refractivity contribution is 7.94. The molecule has 0 radical (unpaired) electrons. The Morgan fingerprint density at radius 2 is 1.83 bits per heavy atom. The van der Waals surface area contributed by atoms with Gasteiger partial charge in [0.25, 0.3) is 10.0 Å². The van der Waals surface area contributed by atoms with Crippen LogP contribution >= 0.6 is 46.1 Å². The van der Waals surface area contributed by atoms with Gasteiger partial charge in [-0.3, -0.25) is 4.72 Å². The van der Waals surface area contributed by atoms with E-state index in [9.17, 15) is 8.42 Å². The average Bonchev–Trinajstić information content (AvgIpc) is 2.71. The van der Waals surface area contributed by atoms with E-state index in [0.717, 1.165) is 11.3 Å². The smallest absolute Gasteiger partial charge is 0.263 e. The van der Waals surface area contributed by atoms with Crippen molar-refractivity contribution in [3.63, 3.8) is 0 Å². The minimum Gasteiger partial charge on any atom is -0.263 e. The number of hydrogen-bond acceptors (Lipinski definition) is 4. The van der Waals surface area contributed by atoms with Crippen LogP contribution in [0.1, 0.15) is 0 Å². The highest BCUT2D eigenvalue weighted by Crippen LogP contribution is 2.28. The maximum atomic E-state index is 11.9. The average molecular weight is 344 g/mol. The van der Waals surface area contributed by atoms with Crippen LogP contribution in [-0.4, -0.2) is 13.4 Å². The summed E-state index contributed by atoms with van der Waals surface area (Å²) in [4.78, 5) is 3.81. The molecule has 0 unspecified atom stereocenters. The van der Waals surface area contributed by atoms with Gasteiger partial charge in [0.2, 0.25) is 0 Å². The molecule has 96 valence electrons. The van der Waals surface area contributed by atoms with E-state index in [1.54, 1.807) is 0 Å². The van der Waals surface area contributed by atoms with Gasteiger partial charge in [0, 0.05) is 0 Å². The second-order valence-corrected chi connectivity index (χ2v) is 7.52. The Hall–Kier alpha value is -0.530. The molecule has 0 aliphatic heterocycles. The number of sulfonamides is 1. The van der Waals surface area contributed by atoms with Crippen molar-refractivity contribution in [3.8, 4) is 0 Å². The molecule has 2 aromatic rings. The molecule has 2 heterocycles. The summed E-state index contributed by atoms with van der Waals surface area (Å²) < 4.78 is 26.6. The normalized spacial score (nSPS) is 11.5. The van der Waals surface area contributed by atoms with Crippen LogP contribution in [0.25, 0.3) is 0 Å². The van der Waals surface area contributed by atoms with E-state index in [0.29, 0.717) is 4.34 Å². The summed E-state index contributed by atoms with van der Waals surface area (Å²) in [6, 6.07) is 5.78. The third kappa shape index (κ3) is 3.07. The van der Waals surface area contributed by atoms with Gasteiger partial charge in [-0.1, -0.05) is 34.8 Å². The van der Waals surface area contributed by atoms with Crippen LogP contribution in [0.3, 0.4) is 0 Å². The van der Waals surface area contributed by atoms with Crippen LogP contribution in [-0.2, 0) is 10.0 Å². The van der Waals surface area contributed by atoms with Crippen LogP contribution in [0, 0.1) is 0 Å². The second kappa shape index (κ2) is 5.22. The topological polar surface area (TPSA) is 59.1 Å². The molecule has 9 heteroatoms. The van der Waals surface area contributed by atoms with E-state index in [4.69, 9.17) is 34.8 Å². The Morgan fingerprint density at radius 1 is 1.11 bits per heavy atom. The fraction of sp³-hybridized carbons (Fsp3) is 0. The van der Waals surface area contributed by atoms with Crippen molar-refractivity contribution in [2.75, 3.05) is 4.72 Å². The van der Waals surface area contributed by atoms with Gasteiger partial charge in [-0.05, 0) is 24.3 Å². The first-order valence-electron chi connectivity index (χ1n) is 4.49. The standard InChI is InChI=1S/C9H5Cl3N2O2S2/c10-5-1-3-7(13-9(5)12)14-18(15,16)8-4-2-6(11)17-8/h1-4H,(H,13,14). The van der Waals surface area contributed by atoms with Crippen LogP contribution in [0.2, 0.25) is 14.5 Å². The molecular weight excluding hydrogens is 339 g/mol. The van der Waals surface area contributed by atoms with Gasteiger partial charge < -0.3 is 0 Å². The molecule has 0 saturated carbocycles. The zero-order valence-corrected chi connectivity index (χ0v) is 12.4. The van der Waals surface area contributed by atoms with E-state index >= 15 is 0 Å². The number of rotatable bonds is 3. The van der Waals surface area contributed by atoms with E-state index in [1.165, 1.54) is 24.3 Å². The van der Waals surface area contributed by atoms with Crippen molar-refractivity contribution in [1.82, 2.24) is 4.98 Å². The number of nitrogens with one attached hydrogen (secondary N) is 1. The van der Waals surface area contributed by atoms with Crippen LogP contribution in [0.4, 0.5) is 5.82 Å². The van der Waals surface area contributed by atoms with Gasteiger partial charge in [0.15, 0.2) is 0 Å². The van der Waals surface area contributed by atoms with Gasteiger partial charge in [0.05, 0.1) is 9.36 Å². The lowest BCUT2D eigenvalue weighted by atomic mass is 10.5. The molecule has 0 aliphatic carbocycles. The number of anilines is 1. The zero-order valence-electron chi connectivity index (χ0n) is 8.52. The summed E-state index contributed by atoms with van der Waals surface area (Å²) in [7, 11) is -3.70. The molecule has 4 nitrogen and oxygen atoms in total. The summed E-state index contributed by atoms with van der Waals surface area (Å²) >= 11 is 18.0. The number of hydrogen-bond donors (Lipinski definition) is 1. The number of halogens is 3. The Labute approximate surface area is 123 Å². The summed E-state index contributed by atoms with van der Waals surface area (Å²) in [6.07, 6.45) is 0. The maximum absolute atomic E-state index is 11.9. The first-order valence-corrected chi connectivity index (χ1v) is 7.92. The molecule has 0 saturated heterocycles. The predicted octanol–water partition coefficient (Wildman–Crippen LogP) is 3.90. The summed E-state index contributed by atoms with van der Waals surface area (Å²) in [6.45, 7) is 0. The second-order valence-electron chi connectivity index (χ2n) is 3.13. The molecule has 1 N–H and O–H groups in total. The predicted molar refractivity (Wildman–Crippen MR) is 74.4 cm³/mol. The zero-order chi connectivity index (χ0) is 13.3. The van der Waals surface area contributed by atoms with Crippen LogP contribution in [0.15, 0.2) is 28.5 Å². The minimum absolute atomic E-state index is 0.0288. The lowest BCUT2D eigenvalue weighted by molar-refractivity contribution is 0.603. The number of thiophene rings is 1. The SMILES string of the molecule is O=S(=O)(Nc1ccc(Cl)c(Cl)n1)c1ccc(Cl)s1. The fourth-order valence-corrected chi connectivity index (χ4v) is 3.85. The molecule has 0 aliphatic rings. The van der Waals surface area contributed by atoms with Crippen molar-refractivity contribution in [1.29, 1.82) is 0 Å². The van der Waals surface area contributed by atoms with Crippen molar-refractivity contribution >= 4 is 62.0 Å². The lowest BCUT2D eigenvalue weighted by Crippen LogP contribution is -2.12. The third-order valence-electron chi connectivity index (χ3n) is 1.86. The molecule has 2 rings (SSSR count). The van der Waals surface area contributed by atoms with E-state index in [-0.39, 0.29) is 20.2 Å². The van der Waals surface area contributed by atoms with Crippen molar-refractivity contribution in [2.24, 2.45) is 0 Å². The summed E-state index contributed by atoms with van der Waals surface area (Å²) in [5, 5.41) is 0.278. The molecule has 0 spiro atoms. The summed E-state index contributed by atoms with van der Waals surface area (Å²) in [5.74, 6) is 0.0916. The van der Waals surface area contributed by atoms with E-state index < -0.39 is 10.0 Å². The van der Waals surface area contributed by atoms with Crippen molar-refractivity contribution in [2.45, 2.75) is 4.21 Å². The number of pyridine rings is 1. The van der Waals surface area contributed by atoms with Gasteiger partial charge >= 0.3 is 0 Å². The molecule has 0 aromatic carbocycles. The Bertz CT molecular complexity index is 685. The van der Waals surface area contributed by atoms with Gasteiger partial charge in [-0.15, -0.1) is 11.3 Å².